The lowest BCUT2D eigenvalue weighted by atomic mass is 9.54. The van der Waals surface area contributed by atoms with Crippen LogP contribution in [0, 0.1) is 31.6 Å². The molecule has 37 heavy (non-hydrogen) atoms. The lowest BCUT2D eigenvalue weighted by molar-refractivity contribution is 0.0601. The maximum absolute atomic E-state index is 13.6. The van der Waals surface area contributed by atoms with Crippen molar-refractivity contribution in [2.24, 2.45) is 17.8 Å². The highest BCUT2D eigenvalue weighted by Crippen LogP contribution is 2.50. The molecule has 1 aliphatic heterocycles. The first-order chi connectivity index (χ1) is 17.7. The van der Waals surface area contributed by atoms with Gasteiger partial charge in [0, 0.05) is 23.0 Å². The lowest BCUT2D eigenvalue weighted by Gasteiger charge is -2.47. The molecule has 0 radical (unpaired) electrons. The number of carbonyl (C=O) groups is 2. The van der Waals surface area contributed by atoms with Gasteiger partial charge in [0.15, 0.2) is 11.6 Å². The van der Waals surface area contributed by atoms with Gasteiger partial charge in [0.2, 0.25) is 0 Å². The van der Waals surface area contributed by atoms with Gasteiger partial charge in [-0.3, -0.25) is 9.59 Å². The number of allylic oxidation sites excluding steroid dienone is 2. The second-order valence-electron chi connectivity index (χ2n) is 11.0. The monoisotopic (exact) mass is 498 g/mol. The molecule has 2 aromatic carbocycles. The lowest BCUT2D eigenvalue weighted by Crippen LogP contribution is -2.50. The topological polar surface area (TPSA) is 83.8 Å². The Morgan fingerprint density at radius 1 is 1.05 bits per heavy atom. The molecule has 0 saturated carbocycles. The second kappa shape index (κ2) is 10.1. The summed E-state index contributed by atoms with van der Waals surface area (Å²) in [4.78, 5) is 27.0. The van der Waals surface area contributed by atoms with Crippen molar-refractivity contribution in [2.45, 2.75) is 65.8 Å². The summed E-state index contributed by atoms with van der Waals surface area (Å²) in [5.41, 5.74) is 7.31. The summed E-state index contributed by atoms with van der Waals surface area (Å²) in [6.45, 7) is 8.00. The number of aromatic hydroxyl groups is 1. The Kier molecular flexibility index (Phi) is 6.99. The van der Waals surface area contributed by atoms with Crippen LogP contribution in [-0.2, 0) is 4.65 Å². The van der Waals surface area contributed by atoms with Gasteiger partial charge in [0.25, 0.3) is 0 Å². The van der Waals surface area contributed by atoms with Crippen LogP contribution in [0.1, 0.15) is 76.9 Å². The van der Waals surface area contributed by atoms with Gasteiger partial charge in [0.1, 0.15) is 5.75 Å². The third-order valence-corrected chi connectivity index (χ3v) is 8.57. The predicted octanol–water partition coefficient (Wildman–Crippen LogP) is 6.11. The molecule has 3 aliphatic rings. The van der Waals surface area contributed by atoms with Gasteiger partial charge < -0.3 is 14.8 Å². The van der Waals surface area contributed by atoms with Crippen LogP contribution in [0.2, 0.25) is 6.32 Å². The second-order valence-corrected chi connectivity index (χ2v) is 11.0. The summed E-state index contributed by atoms with van der Waals surface area (Å²) in [6, 6.07) is 11.1. The van der Waals surface area contributed by atoms with Crippen LogP contribution >= 0.6 is 0 Å². The van der Waals surface area contributed by atoms with Gasteiger partial charge in [-0.15, -0.1) is 0 Å². The average molecular weight is 498 g/mol. The Labute approximate surface area is 219 Å². The molecule has 2 N–H and O–H groups in total. The fourth-order valence-electron chi connectivity index (χ4n) is 6.80. The molecule has 0 aromatic heterocycles. The van der Waals surface area contributed by atoms with Crippen LogP contribution in [0.3, 0.4) is 0 Å². The zero-order valence-corrected chi connectivity index (χ0v) is 22.1. The van der Waals surface area contributed by atoms with Crippen molar-refractivity contribution in [1.29, 1.82) is 0 Å². The quantitative estimate of drug-likeness (QED) is 0.384. The number of ketones is 2. The Morgan fingerprint density at radius 2 is 1.70 bits per heavy atom. The molecule has 5 nitrogen and oxygen atoms in total. The largest absolute Gasteiger partial charge is 0.507 e. The SMILES string of the molecule is CC/C(=C\c1cc(C)c(O)c(C)c1)CC[C@H]1OB(O)C[C@H]2C1=C(C)C[C@H]1C(=O)c3ccccc3C(=O)[C@H]12. The minimum atomic E-state index is -0.957. The number of phenols is 1. The molecule has 2 aliphatic carbocycles. The molecule has 192 valence electrons. The molecule has 5 rings (SSSR count). The van der Waals surface area contributed by atoms with E-state index in [1.54, 1.807) is 12.1 Å². The van der Waals surface area contributed by atoms with E-state index in [-0.39, 0.29) is 29.5 Å². The van der Waals surface area contributed by atoms with Gasteiger partial charge in [0.05, 0.1) is 6.10 Å². The number of aryl methyl sites for hydroxylation is 2. The van der Waals surface area contributed by atoms with Gasteiger partial charge in [-0.1, -0.05) is 48.4 Å². The molecule has 0 amide bonds. The van der Waals surface area contributed by atoms with E-state index in [0.717, 1.165) is 40.7 Å². The number of phenolic OH excluding ortho intramolecular Hbond substituents is 1. The fourth-order valence-corrected chi connectivity index (χ4v) is 6.80. The smallest absolute Gasteiger partial charge is 0.455 e. The minimum Gasteiger partial charge on any atom is -0.507 e. The molecule has 1 saturated heterocycles. The van der Waals surface area contributed by atoms with Gasteiger partial charge >= 0.3 is 7.12 Å². The molecule has 6 heteroatoms. The van der Waals surface area contributed by atoms with E-state index < -0.39 is 13.0 Å². The molecule has 0 bridgehead atoms. The first kappa shape index (κ1) is 25.7. The van der Waals surface area contributed by atoms with E-state index in [1.807, 2.05) is 38.1 Å². The van der Waals surface area contributed by atoms with Crippen molar-refractivity contribution in [1.82, 2.24) is 0 Å². The van der Waals surface area contributed by atoms with E-state index in [2.05, 4.69) is 19.9 Å². The number of Topliss-reactive ketones (excluding diaryl/α,β-unsaturated/α-hetero) is 2. The average Bonchev–Trinajstić information content (AvgIpc) is 2.87. The molecule has 2 aromatic rings. The normalized spacial score (nSPS) is 25.6. The predicted molar refractivity (Wildman–Crippen MR) is 146 cm³/mol. The van der Waals surface area contributed by atoms with Crippen molar-refractivity contribution in [3.63, 3.8) is 0 Å². The first-order valence-corrected chi connectivity index (χ1v) is 13.4. The molecule has 0 spiro atoms. The van der Waals surface area contributed by atoms with Gasteiger partial charge in [-0.25, -0.2) is 0 Å². The van der Waals surface area contributed by atoms with Gasteiger partial charge in [-0.05, 0) is 93.1 Å². The molecular formula is C31H35BO5. The van der Waals surface area contributed by atoms with Crippen molar-refractivity contribution in [3.8, 4) is 5.75 Å². The van der Waals surface area contributed by atoms with Crippen molar-refractivity contribution < 1.29 is 24.4 Å². The summed E-state index contributed by atoms with van der Waals surface area (Å²) < 4.78 is 6.08. The van der Waals surface area contributed by atoms with E-state index in [0.29, 0.717) is 36.0 Å². The summed E-state index contributed by atoms with van der Waals surface area (Å²) in [5.74, 6) is -0.585. The fraction of sp³-hybridized carbons (Fsp3) is 0.419. The highest BCUT2D eigenvalue weighted by atomic mass is 16.5. The summed E-state index contributed by atoms with van der Waals surface area (Å²) in [7, 11) is -0.957. The third kappa shape index (κ3) is 4.62. The standard InChI is InChI=1S/C31H35BO5/c1-5-20(15-21-12-18(3)29(33)19(4)13-21)10-11-26-27-17(2)14-24-28(25(27)16-32(36)37-26)31(35)23-9-7-6-8-22(23)30(24)34/h6-9,12-13,15,24-26,28,33,36H,5,10-11,14,16H2,1-4H3/b20-15+/t24-,25+,26-,28-/m1/s1. The number of benzene rings is 2. The van der Waals surface area contributed by atoms with Crippen molar-refractivity contribution in [2.75, 3.05) is 0 Å². The number of fused-ring (bicyclic) bond motifs is 4. The van der Waals surface area contributed by atoms with E-state index >= 15 is 0 Å². The van der Waals surface area contributed by atoms with E-state index in [4.69, 9.17) is 4.65 Å². The van der Waals surface area contributed by atoms with Crippen LogP contribution in [-0.4, -0.2) is 34.9 Å². The van der Waals surface area contributed by atoms with E-state index in [9.17, 15) is 19.7 Å². The number of carbonyl (C=O) groups excluding carboxylic acids is 2. The summed E-state index contributed by atoms with van der Waals surface area (Å²) >= 11 is 0. The Balaban J connectivity index is 1.42. The van der Waals surface area contributed by atoms with E-state index in [1.165, 1.54) is 5.57 Å². The summed E-state index contributed by atoms with van der Waals surface area (Å²) in [5, 5.41) is 20.8. The Morgan fingerprint density at radius 3 is 2.35 bits per heavy atom. The zero-order chi connectivity index (χ0) is 26.4. The summed E-state index contributed by atoms with van der Waals surface area (Å²) in [6.07, 6.45) is 5.17. The molecular weight excluding hydrogens is 463 g/mol. The van der Waals surface area contributed by atoms with Crippen LogP contribution in [0.25, 0.3) is 6.08 Å². The Bertz CT molecular complexity index is 1300. The molecule has 1 heterocycles. The minimum absolute atomic E-state index is 0.0234. The van der Waals surface area contributed by atoms with Crippen molar-refractivity contribution >= 4 is 24.8 Å². The van der Waals surface area contributed by atoms with Crippen LogP contribution in [0.4, 0.5) is 0 Å². The highest BCUT2D eigenvalue weighted by molar-refractivity contribution is 6.43. The Hall–Kier alpha value is -2.96. The van der Waals surface area contributed by atoms with Crippen LogP contribution < -0.4 is 0 Å². The first-order valence-electron chi connectivity index (χ1n) is 13.4. The van der Waals surface area contributed by atoms with Crippen molar-refractivity contribution in [3.05, 3.63) is 80.9 Å². The maximum atomic E-state index is 13.6. The number of hydrogen-bond acceptors (Lipinski definition) is 5. The third-order valence-electron chi connectivity index (χ3n) is 8.57. The van der Waals surface area contributed by atoms with Crippen LogP contribution in [0.5, 0.6) is 5.75 Å². The highest BCUT2D eigenvalue weighted by Gasteiger charge is 2.52. The molecule has 4 atom stereocenters. The number of hydrogen-bond donors (Lipinski definition) is 2. The maximum Gasteiger partial charge on any atom is 0.455 e. The molecule has 1 fully saturated rings. The van der Waals surface area contributed by atoms with Gasteiger partial charge in [-0.2, -0.15) is 0 Å². The number of rotatable bonds is 5. The molecule has 0 unspecified atom stereocenters. The zero-order valence-electron chi connectivity index (χ0n) is 22.1. The van der Waals surface area contributed by atoms with Crippen LogP contribution in [0.15, 0.2) is 53.1 Å².